The van der Waals surface area contributed by atoms with Crippen molar-refractivity contribution in [2.75, 3.05) is 7.05 Å². The quantitative estimate of drug-likeness (QED) is 0.864. The smallest absolute Gasteiger partial charge is 0.253 e. The van der Waals surface area contributed by atoms with Crippen LogP contribution >= 0.6 is 11.3 Å². The molecule has 0 spiro atoms. The predicted molar refractivity (Wildman–Crippen MR) is 101 cm³/mol. The molecule has 1 heterocycles. The Morgan fingerprint density at radius 3 is 2.24 bits per heavy atom. The van der Waals surface area contributed by atoms with Gasteiger partial charge in [-0.3, -0.25) is 4.79 Å². The second-order valence-corrected chi connectivity index (χ2v) is 9.75. The lowest BCUT2D eigenvalue weighted by atomic mass is 10.1. The predicted octanol–water partition coefficient (Wildman–Crippen LogP) is 3.41. The monoisotopic (exact) mass is 380 g/mol. The van der Waals surface area contributed by atoms with Crippen LogP contribution in [0.2, 0.25) is 0 Å². The maximum absolute atomic E-state index is 12.5. The van der Waals surface area contributed by atoms with Gasteiger partial charge >= 0.3 is 0 Å². The fraction of sp³-hybridized carbons (Fsp3) is 0.389. The molecule has 0 saturated carbocycles. The first-order valence-electron chi connectivity index (χ1n) is 7.92. The molecule has 0 saturated heterocycles. The average Bonchev–Trinajstić information content (AvgIpc) is 2.89. The van der Waals surface area contributed by atoms with Crippen molar-refractivity contribution in [3.8, 4) is 0 Å². The Morgan fingerprint density at radius 2 is 1.76 bits per heavy atom. The van der Waals surface area contributed by atoms with Crippen molar-refractivity contribution in [3.63, 3.8) is 0 Å². The Morgan fingerprint density at radius 1 is 1.16 bits per heavy atom. The van der Waals surface area contributed by atoms with Crippen molar-refractivity contribution in [1.82, 2.24) is 9.62 Å². The van der Waals surface area contributed by atoms with E-state index in [0.29, 0.717) is 12.1 Å². The number of thiophene rings is 1. The lowest BCUT2D eigenvalue weighted by molar-refractivity contribution is 0.0786. The molecule has 0 aliphatic rings. The van der Waals surface area contributed by atoms with Gasteiger partial charge in [-0.2, -0.15) is 0 Å². The molecule has 0 radical (unpaired) electrons. The largest absolute Gasteiger partial charge is 0.337 e. The molecule has 2 rings (SSSR count). The highest BCUT2D eigenvalue weighted by Gasteiger charge is 2.22. The summed E-state index contributed by atoms with van der Waals surface area (Å²) in [6.07, 6.45) is 0. The molecule has 1 N–H and O–H groups in total. The highest BCUT2D eigenvalue weighted by Crippen LogP contribution is 2.19. The minimum atomic E-state index is -3.60. The van der Waals surface area contributed by atoms with Crippen molar-refractivity contribution >= 4 is 27.3 Å². The molecule has 0 aliphatic heterocycles. The van der Waals surface area contributed by atoms with Gasteiger partial charge in [-0.15, -0.1) is 11.3 Å². The molecule has 25 heavy (non-hydrogen) atoms. The van der Waals surface area contributed by atoms with E-state index in [-0.39, 0.29) is 10.8 Å². The first-order valence-corrected chi connectivity index (χ1v) is 10.3. The maximum atomic E-state index is 12.5. The molecule has 1 aromatic carbocycles. The van der Waals surface area contributed by atoms with Gasteiger partial charge in [-0.05, 0) is 69.0 Å². The fourth-order valence-electron chi connectivity index (χ4n) is 2.31. The number of hydrogen-bond donors (Lipinski definition) is 1. The van der Waals surface area contributed by atoms with E-state index in [1.807, 2.05) is 18.4 Å². The molecule has 1 aromatic heterocycles. The van der Waals surface area contributed by atoms with Gasteiger partial charge in [0.15, 0.2) is 0 Å². The number of carbonyl (C=O) groups excluding carboxylic acids is 1. The maximum Gasteiger partial charge on any atom is 0.253 e. The molecular formula is C18H24N2O3S2. The Labute approximate surface area is 153 Å². The number of nitrogens with one attached hydrogen (secondary N) is 1. The summed E-state index contributed by atoms with van der Waals surface area (Å²) in [7, 11) is -1.86. The normalized spacial score (nSPS) is 12.2. The average molecular weight is 381 g/mol. The third kappa shape index (κ3) is 5.14. The molecule has 0 atom stereocenters. The van der Waals surface area contributed by atoms with Crippen LogP contribution in [0.25, 0.3) is 0 Å². The SMILES string of the molecule is Cc1ccsc1CN(C)C(=O)c1ccc(S(=O)(=O)NC(C)(C)C)cc1. The van der Waals surface area contributed by atoms with Gasteiger partial charge in [0.2, 0.25) is 10.0 Å². The number of carbonyl (C=O) groups is 1. The summed E-state index contributed by atoms with van der Waals surface area (Å²) in [4.78, 5) is 15.5. The Bertz CT molecular complexity index is 847. The summed E-state index contributed by atoms with van der Waals surface area (Å²) in [5.74, 6) is -0.138. The molecule has 7 heteroatoms. The van der Waals surface area contributed by atoms with Gasteiger partial charge in [0, 0.05) is 23.0 Å². The van der Waals surface area contributed by atoms with E-state index in [1.165, 1.54) is 17.7 Å². The Kier molecular flexibility index (Phi) is 5.71. The van der Waals surface area contributed by atoms with Crippen LogP contribution in [-0.2, 0) is 16.6 Å². The number of benzene rings is 1. The van der Waals surface area contributed by atoms with Crippen LogP contribution in [0.1, 0.15) is 41.6 Å². The van der Waals surface area contributed by atoms with E-state index in [1.54, 1.807) is 56.2 Å². The lowest BCUT2D eigenvalue weighted by Crippen LogP contribution is -2.40. The van der Waals surface area contributed by atoms with Gasteiger partial charge < -0.3 is 4.90 Å². The molecule has 136 valence electrons. The van der Waals surface area contributed by atoms with Crippen molar-refractivity contribution < 1.29 is 13.2 Å². The van der Waals surface area contributed by atoms with Crippen LogP contribution in [0.5, 0.6) is 0 Å². The first-order chi connectivity index (χ1) is 11.5. The van der Waals surface area contributed by atoms with Gasteiger partial charge in [0.25, 0.3) is 5.91 Å². The number of rotatable bonds is 5. The summed E-state index contributed by atoms with van der Waals surface area (Å²) in [5, 5.41) is 2.00. The standard InChI is InChI=1S/C18H24N2O3S2/c1-13-10-11-24-16(13)12-20(5)17(21)14-6-8-15(9-7-14)25(22,23)19-18(2,3)4/h6-11,19H,12H2,1-5H3. The molecule has 0 bridgehead atoms. The van der Waals surface area contributed by atoms with Crippen molar-refractivity contribution in [2.45, 2.75) is 44.7 Å². The van der Waals surface area contributed by atoms with E-state index in [0.717, 1.165) is 4.88 Å². The second kappa shape index (κ2) is 7.27. The molecule has 2 aromatic rings. The summed E-state index contributed by atoms with van der Waals surface area (Å²) in [5.41, 5.74) is 1.07. The lowest BCUT2D eigenvalue weighted by Gasteiger charge is -2.20. The summed E-state index contributed by atoms with van der Waals surface area (Å²) in [6.45, 7) is 7.90. The third-order valence-corrected chi connectivity index (χ3v) is 6.33. The third-order valence-electron chi connectivity index (χ3n) is 3.55. The highest BCUT2D eigenvalue weighted by molar-refractivity contribution is 7.89. The van der Waals surface area contributed by atoms with Crippen molar-refractivity contribution in [1.29, 1.82) is 0 Å². The summed E-state index contributed by atoms with van der Waals surface area (Å²) >= 11 is 1.62. The highest BCUT2D eigenvalue weighted by atomic mass is 32.2. The molecule has 0 aliphatic carbocycles. The fourth-order valence-corrected chi connectivity index (χ4v) is 4.69. The van der Waals surface area contributed by atoms with Gasteiger partial charge in [0.05, 0.1) is 11.4 Å². The van der Waals surface area contributed by atoms with Crippen molar-refractivity contribution in [3.05, 3.63) is 51.7 Å². The second-order valence-electron chi connectivity index (χ2n) is 7.07. The van der Waals surface area contributed by atoms with Crippen LogP contribution in [0.3, 0.4) is 0 Å². The van der Waals surface area contributed by atoms with Crippen molar-refractivity contribution in [2.24, 2.45) is 0 Å². The van der Waals surface area contributed by atoms with E-state index in [9.17, 15) is 13.2 Å². The molecule has 1 amide bonds. The Hall–Kier alpha value is -1.70. The summed E-state index contributed by atoms with van der Waals surface area (Å²) < 4.78 is 27.2. The van der Waals surface area contributed by atoms with Crippen LogP contribution in [0.4, 0.5) is 0 Å². The molecule has 0 fully saturated rings. The minimum absolute atomic E-state index is 0.138. The molecular weight excluding hydrogens is 356 g/mol. The zero-order valence-corrected chi connectivity index (χ0v) is 16.8. The van der Waals surface area contributed by atoms with Gasteiger partial charge in [-0.25, -0.2) is 13.1 Å². The number of sulfonamides is 1. The Balaban J connectivity index is 2.13. The number of amides is 1. The van der Waals surface area contributed by atoms with Crippen LogP contribution < -0.4 is 4.72 Å². The van der Waals surface area contributed by atoms with Gasteiger partial charge in [-0.1, -0.05) is 0 Å². The van der Waals surface area contributed by atoms with Crippen LogP contribution in [-0.4, -0.2) is 31.8 Å². The number of nitrogens with zero attached hydrogens (tertiary/aromatic N) is 1. The van der Waals surface area contributed by atoms with E-state index >= 15 is 0 Å². The number of hydrogen-bond acceptors (Lipinski definition) is 4. The van der Waals surface area contributed by atoms with Crippen LogP contribution in [0, 0.1) is 6.92 Å². The van der Waals surface area contributed by atoms with Crippen LogP contribution in [0.15, 0.2) is 40.6 Å². The van der Waals surface area contributed by atoms with E-state index in [2.05, 4.69) is 4.72 Å². The zero-order valence-electron chi connectivity index (χ0n) is 15.2. The topological polar surface area (TPSA) is 66.5 Å². The molecule has 5 nitrogen and oxygen atoms in total. The minimum Gasteiger partial charge on any atom is -0.337 e. The van der Waals surface area contributed by atoms with E-state index in [4.69, 9.17) is 0 Å². The van der Waals surface area contributed by atoms with Gasteiger partial charge in [0.1, 0.15) is 0 Å². The number of aryl methyl sites for hydroxylation is 1. The van der Waals surface area contributed by atoms with E-state index < -0.39 is 15.6 Å². The molecule has 0 unspecified atom stereocenters. The first kappa shape index (κ1) is 19.6. The summed E-state index contributed by atoms with van der Waals surface area (Å²) in [6, 6.07) is 8.06. The zero-order chi connectivity index (χ0) is 18.8.